The molecule has 4 N–H and O–H groups in total. The highest BCUT2D eigenvalue weighted by atomic mass is 16.8. The molecule has 0 spiro atoms. The summed E-state index contributed by atoms with van der Waals surface area (Å²) in [5.74, 6) is -2.82. The van der Waals surface area contributed by atoms with E-state index < -0.39 is 77.1 Å². The number of unbranched alkanes of at least 4 members (excludes halogenated alkanes) is 4. The van der Waals surface area contributed by atoms with Gasteiger partial charge < -0.3 is 44.5 Å². The van der Waals surface area contributed by atoms with Crippen LogP contribution in [0.1, 0.15) is 123 Å². The average molecular weight is 816 g/mol. The van der Waals surface area contributed by atoms with E-state index in [1.54, 1.807) is 26.8 Å². The number of aliphatic hydroxyl groups is 2. The summed E-state index contributed by atoms with van der Waals surface area (Å²) >= 11 is 0. The van der Waals surface area contributed by atoms with E-state index in [1.165, 1.54) is 11.3 Å². The number of hydrogen-bond donors (Lipinski definition) is 4. The first-order chi connectivity index (χ1) is 27.8. The summed E-state index contributed by atoms with van der Waals surface area (Å²) in [4.78, 5) is 60.9. The SMILES string of the molecule is CCCCCC1(CCCCC)O[C@@H]2[C@H]3ON(Cc4ccccc4C=COCCO)[C@H]4C(=O)OC(CC34C(=O)NCCC(=O)N[C@H](CO)CCC(=O)OC(C)(C)C)[C@@H]2O1. The quantitative estimate of drug-likeness (QED) is 0.0699. The maximum Gasteiger partial charge on any atom is 0.327 e. The van der Waals surface area contributed by atoms with Crippen molar-refractivity contribution in [3.8, 4) is 0 Å². The summed E-state index contributed by atoms with van der Waals surface area (Å²) < 4.78 is 30.7. The van der Waals surface area contributed by atoms with Crippen LogP contribution in [0.3, 0.4) is 0 Å². The fourth-order valence-electron chi connectivity index (χ4n) is 8.60. The average Bonchev–Trinajstić information content (AvgIpc) is 3.73. The summed E-state index contributed by atoms with van der Waals surface area (Å²) in [5.41, 5.74) is -0.489. The van der Waals surface area contributed by atoms with E-state index >= 15 is 0 Å². The lowest BCUT2D eigenvalue weighted by atomic mass is 9.62. The highest BCUT2D eigenvalue weighted by Gasteiger charge is 2.76. The fraction of sp³-hybridized carbons (Fsp3) is 0.721. The Kier molecular flexibility index (Phi) is 16.1. The Balaban J connectivity index is 1.37. The Morgan fingerprint density at radius 3 is 2.40 bits per heavy atom. The van der Waals surface area contributed by atoms with Gasteiger partial charge in [-0.25, -0.2) is 0 Å². The molecule has 3 aliphatic heterocycles. The topological polar surface area (TPSA) is 191 Å². The van der Waals surface area contributed by atoms with Crippen LogP contribution in [0.2, 0.25) is 0 Å². The molecule has 1 aromatic carbocycles. The Morgan fingerprint density at radius 2 is 1.72 bits per heavy atom. The predicted molar refractivity (Wildman–Crippen MR) is 212 cm³/mol. The Labute approximate surface area is 342 Å². The van der Waals surface area contributed by atoms with Gasteiger partial charge in [0, 0.05) is 38.6 Å². The van der Waals surface area contributed by atoms with Crippen molar-refractivity contribution in [3.05, 3.63) is 41.7 Å². The number of hydroxylamine groups is 2. The number of rotatable bonds is 23. The van der Waals surface area contributed by atoms with Crippen LogP contribution in [0.25, 0.3) is 6.08 Å². The normalized spacial score (nSPS) is 26.5. The van der Waals surface area contributed by atoms with Crippen molar-refractivity contribution in [3.63, 3.8) is 0 Å². The number of carbonyl (C=O) groups excluding carboxylic acids is 4. The molecule has 4 fully saturated rings. The standard InChI is InChI=1S/C43H65N3O12/c1-6-8-12-20-42(21-13-9-7-2)56-35-32-26-43(40(52)44-22-18-33(49)45-31(28-48)16-17-34(50)55-41(3,4)5)37(39(51)54-32)46(58-38(43)36(35)57-42)27-30-15-11-10-14-29(30)19-24-53-25-23-47/h10-11,14-15,19,24,31-32,35-38,47-48H,6-9,12-13,16-18,20-23,25-28H2,1-5H3,(H,44,52)(H,45,49)/t31-,32?,35-,36-,37-,38+,43?/m0/s1. The highest BCUT2D eigenvalue weighted by Crippen LogP contribution is 2.58. The van der Waals surface area contributed by atoms with Crippen LogP contribution < -0.4 is 10.6 Å². The first-order valence-corrected chi connectivity index (χ1v) is 21.2. The van der Waals surface area contributed by atoms with Crippen LogP contribution in [-0.4, -0.2) is 113 Å². The molecule has 7 atom stereocenters. The van der Waals surface area contributed by atoms with Crippen LogP contribution in [0.4, 0.5) is 0 Å². The molecule has 1 aliphatic carbocycles. The minimum atomic E-state index is -1.43. The van der Waals surface area contributed by atoms with Crippen molar-refractivity contribution in [1.29, 1.82) is 0 Å². The molecule has 58 heavy (non-hydrogen) atoms. The van der Waals surface area contributed by atoms with Crippen LogP contribution in [0, 0.1) is 5.41 Å². The van der Waals surface area contributed by atoms with Gasteiger partial charge in [0.25, 0.3) is 0 Å². The van der Waals surface area contributed by atoms with Crippen molar-refractivity contribution in [2.24, 2.45) is 5.41 Å². The highest BCUT2D eigenvalue weighted by molar-refractivity contribution is 5.94. The molecule has 4 aliphatic rings. The van der Waals surface area contributed by atoms with Gasteiger partial charge in [-0.1, -0.05) is 63.8 Å². The molecule has 15 heteroatoms. The molecule has 1 aromatic rings. The summed E-state index contributed by atoms with van der Waals surface area (Å²) in [6.45, 7) is 9.30. The van der Waals surface area contributed by atoms with Gasteiger partial charge in [0.2, 0.25) is 11.8 Å². The van der Waals surface area contributed by atoms with Gasteiger partial charge >= 0.3 is 11.9 Å². The Bertz CT molecular complexity index is 1570. The van der Waals surface area contributed by atoms with E-state index in [0.29, 0.717) is 12.8 Å². The van der Waals surface area contributed by atoms with Gasteiger partial charge in [0.05, 0.1) is 32.1 Å². The molecule has 2 unspecified atom stereocenters. The summed E-state index contributed by atoms with van der Waals surface area (Å²) in [7, 11) is 0. The first kappa shape index (κ1) is 45.5. The zero-order valence-corrected chi connectivity index (χ0v) is 34.9. The second-order valence-electron chi connectivity index (χ2n) is 16.9. The molecule has 3 saturated heterocycles. The van der Waals surface area contributed by atoms with E-state index in [0.717, 1.165) is 49.7 Å². The van der Waals surface area contributed by atoms with Crippen LogP contribution in [0.5, 0.6) is 0 Å². The van der Waals surface area contributed by atoms with Crippen LogP contribution in [-0.2, 0) is 54.2 Å². The molecule has 5 rings (SSSR count). The third-order valence-corrected chi connectivity index (χ3v) is 11.3. The largest absolute Gasteiger partial charge is 0.499 e. The van der Waals surface area contributed by atoms with E-state index in [9.17, 15) is 24.3 Å². The summed E-state index contributed by atoms with van der Waals surface area (Å²) in [6, 6.07) is 5.73. The maximum atomic E-state index is 14.7. The molecule has 15 nitrogen and oxygen atoms in total. The number of ether oxygens (including phenoxy) is 5. The minimum Gasteiger partial charge on any atom is -0.499 e. The number of nitrogens with one attached hydrogen (secondary N) is 2. The van der Waals surface area contributed by atoms with Crippen molar-refractivity contribution in [2.45, 2.75) is 166 Å². The van der Waals surface area contributed by atoms with Crippen molar-refractivity contribution in [2.75, 3.05) is 26.4 Å². The Hall–Kier alpha value is -3.60. The van der Waals surface area contributed by atoms with Crippen molar-refractivity contribution in [1.82, 2.24) is 15.7 Å². The lowest BCUT2D eigenvalue weighted by molar-refractivity contribution is -0.224. The van der Waals surface area contributed by atoms with E-state index in [1.807, 2.05) is 24.3 Å². The Morgan fingerprint density at radius 1 is 1.02 bits per heavy atom. The van der Waals surface area contributed by atoms with E-state index in [2.05, 4.69) is 24.5 Å². The molecular weight excluding hydrogens is 750 g/mol. The third kappa shape index (κ3) is 11.0. The summed E-state index contributed by atoms with van der Waals surface area (Å²) in [6.07, 6.45) is 7.67. The lowest BCUT2D eigenvalue weighted by Crippen LogP contribution is -2.69. The maximum absolute atomic E-state index is 14.7. The third-order valence-electron chi connectivity index (χ3n) is 11.3. The molecule has 2 bridgehead atoms. The lowest BCUT2D eigenvalue weighted by Gasteiger charge is -2.48. The number of aliphatic hydroxyl groups excluding tert-OH is 2. The van der Waals surface area contributed by atoms with Gasteiger partial charge in [0.1, 0.15) is 42.0 Å². The molecule has 3 heterocycles. The van der Waals surface area contributed by atoms with Gasteiger partial charge in [-0.2, -0.15) is 5.06 Å². The molecule has 0 aromatic heterocycles. The van der Waals surface area contributed by atoms with Gasteiger partial charge in [-0.3, -0.25) is 24.0 Å². The number of nitrogens with zero attached hydrogens (tertiary/aromatic N) is 1. The number of carbonyl (C=O) groups is 4. The second-order valence-corrected chi connectivity index (χ2v) is 16.9. The molecule has 324 valence electrons. The van der Waals surface area contributed by atoms with E-state index in [4.69, 9.17) is 33.6 Å². The van der Waals surface area contributed by atoms with E-state index in [-0.39, 0.29) is 58.6 Å². The minimum absolute atomic E-state index is 0.0171. The van der Waals surface area contributed by atoms with Crippen molar-refractivity contribution < 1.29 is 57.9 Å². The fourth-order valence-corrected chi connectivity index (χ4v) is 8.60. The molecule has 2 amide bonds. The first-order valence-electron chi connectivity index (χ1n) is 21.2. The van der Waals surface area contributed by atoms with Gasteiger partial charge in [-0.05, 0) is 57.2 Å². The molecule has 1 saturated carbocycles. The monoisotopic (exact) mass is 815 g/mol. The number of fused-ring (bicyclic) bond motifs is 4. The second kappa shape index (κ2) is 20.6. The van der Waals surface area contributed by atoms with Crippen molar-refractivity contribution >= 4 is 29.8 Å². The summed E-state index contributed by atoms with van der Waals surface area (Å²) in [5, 5.41) is 26.3. The molecular formula is C43H65N3O12. The van der Waals surface area contributed by atoms with Crippen LogP contribution in [0.15, 0.2) is 30.5 Å². The number of amides is 2. The smallest absolute Gasteiger partial charge is 0.327 e. The predicted octanol–water partition coefficient (Wildman–Crippen LogP) is 4.21. The van der Waals surface area contributed by atoms with Gasteiger partial charge in [0.15, 0.2) is 11.8 Å². The zero-order valence-electron chi connectivity index (χ0n) is 34.9. The number of hydrogen-bond acceptors (Lipinski definition) is 13. The van der Waals surface area contributed by atoms with Gasteiger partial charge in [-0.15, -0.1) is 0 Å². The number of benzene rings is 1. The zero-order chi connectivity index (χ0) is 41.9. The van der Waals surface area contributed by atoms with Crippen LogP contribution >= 0.6 is 0 Å². The molecule has 0 radical (unpaired) electrons. The number of esters is 2.